The highest BCUT2D eigenvalue weighted by Crippen LogP contribution is 2.27. The lowest BCUT2D eigenvalue weighted by Crippen LogP contribution is -2.16. The predicted octanol–water partition coefficient (Wildman–Crippen LogP) is 4.54. The van der Waals surface area contributed by atoms with Crippen LogP contribution in [0.15, 0.2) is 46.3 Å². The lowest BCUT2D eigenvalue weighted by atomic mass is 10.0. The Hall–Kier alpha value is -3.59. The minimum atomic E-state index is -0.303. The van der Waals surface area contributed by atoms with Crippen molar-refractivity contribution < 1.29 is 13.7 Å². The van der Waals surface area contributed by atoms with Gasteiger partial charge in [-0.15, -0.1) is 16.4 Å². The molecular formula is C21H16FN5O2S. The monoisotopic (exact) mass is 421 g/mol. The van der Waals surface area contributed by atoms with E-state index in [2.05, 4.69) is 20.6 Å². The molecular weight excluding hydrogens is 405 g/mol. The summed E-state index contributed by atoms with van der Waals surface area (Å²) in [7, 11) is 0. The fourth-order valence-electron chi connectivity index (χ4n) is 3.52. The number of rotatable bonds is 4. The van der Waals surface area contributed by atoms with E-state index >= 15 is 0 Å². The van der Waals surface area contributed by atoms with Crippen LogP contribution in [-0.4, -0.2) is 25.7 Å². The first-order chi connectivity index (χ1) is 14.5. The number of fused-ring (bicyclic) bond motifs is 2. The molecule has 150 valence electrons. The van der Waals surface area contributed by atoms with Crippen LogP contribution in [0.5, 0.6) is 0 Å². The smallest absolute Gasteiger partial charge is 0.250 e. The van der Waals surface area contributed by atoms with E-state index in [0.29, 0.717) is 16.2 Å². The molecule has 0 fully saturated rings. The number of halogens is 1. The van der Waals surface area contributed by atoms with E-state index in [0.717, 1.165) is 27.8 Å². The molecule has 0 spiro atoms. The van der Waals surface area contributed by atoms with Crippen LogP contribution in [0.3, 0.4) is 0 Å². The number of amides is 1. The molecule has 0 aliphatic heterocycles. The van der Waals surface area contributed by atoms with Gasteiger partial charge in [0.15, 0.2) is 5.58 Å². The van der Waals surface area contributed by atoms with Gasteiger partial charge in [0, 0.05) is 16.3 Å². The van der Waals surface area contributed by atoms with Crippen LogP contribution in [0.1, 0.15) is 16.8 Å². The van der Waals surface area contributed by atoms with Gasteiger partial charge < -0.3 is 4.52 Å². The Labute approximate surface area is 174 Å². The second-order valence-electron chi connectivity index (χ2n) is 7.07. The first-order valence-corrected chi connectivity index (χ1v) is 10.1. The largest absolute Gasteiger partial charge is 0.356 e. The van der Waals surface area contributed by atoms with Crippen LogP contribution >= 0.6 is 11.3 Å². The predicted molar refractivity (Wildman–Crippen MR) is 112 cm³/mol. The van der Waals surface area contributed by atoms with E-state index in [1.54, 1.807) is 16.6 Å². The van der Waals surface area contributed by atoms with Crippen molar-refractivity contribution in [3.05, 3.63) is 64.4 Å². The van der Waals surface area contributed by atoms with E-state index < -0.39 is 0 Å². The lowest BCUT2D eigenvalue weighted by molar-refractivity contribution is -0.115. The maximum absolute atomic E-state index is 13.2. The summed E-state index contributed by atoms with van der Waals surface area (Å²) >= 11 is 1.39. The van der Waals surface area contributed by atoms with Crippen molar-refractivity contribution in [2.75, 3.05) is 5.32 Å². The normalized spacial score (nSPS) is 11.4. The van der Waals surface area contributed by atoms with Crippen molar-refractivity contribution in [3.8, 4) is 11.3 Å². The third-order valence-corrected chi connectivity index (χ3v) is 5.60. The number of hydrogen-bond donors (Lipinski definition) is 1. The molecule has 3 heterocycles. The molecule has 1 N–H and O–H groups in total. The highest BCUT2D eigenvalue weighted by Gasteiger charge is 2.17. The Morgan fingerprint density at radius 2 is 2.03 bits per heavy atom. The van der Waals surface area contributed by atoms with Crippen LogP contribution in [0.4, 0.5) is 10.3 Å². The summed E-state index contributed by atoms with van der Waals surface area (Å²) in [6, 6.07) is 10.1. The molecule has 0 saturated heterocycles. The fraction of sp³-hybridized carbons (Fsp3) is 0.143. The molecule has 0 unspecified atom stereocenters. The molecule has 0 bridgehead atoms. The molecule has 3 aromatic heterocycles. The van der Waals surface area contributed by atoms with E-state index in [-0.39, 0.29) is 24.1 Å². The Bertz CT molecular complexity index is 1400. The summed E-state index contributed by atoms with van der Waals surface area (Å²) in [5.41, 5.74) is 4.92. The van der Waals surface area contributed by atoms with Crippen LogP contribution < -0.4 is 5.32 Å². The van der Waals surface area contributed by atoms with Gasteiger partial charge in [-0.25, -0.2) is 8.91 Å². The number of carbonyl (C=O) groups excluding carboxylic acids is 1. The zero-order chi connectivity index (χ0) is 20.8. The van der Waals surface area contributed by atoms with Gasteiger partial charge in [-0.2, -0.15) is 4.98 Å². The number of aryl methyl sites for hydroxylation is 2. The quantitative estimate of drug-likeness (QED) is 0.461. The average Bonchev–Trinajstić information content (AvgIpc) is 3.37. The number of nitrogens with zero attached hydrogens (tertiary/aromatic N) is 4. The van der Waals surface area contributed by atoms with E-state index in [4.69, 9.17) is 4.52 Å². The molecule has 0 aliphatic rings. The van der Waals surface area contributed by atoms with E-state index in [1.807, 2.05) is 31.4 Å². The first kappa shape index (κ1) is 18.4. The third kappa shape index (κ3) is 3.22. The SMILES string of the molecule is Cc1cc(C)c2c(CC(=O)Nc3nc4scc(-c5ccc(F)cc5)n4n3)noc2c1. The van der Waals surface area contributed by atoms with Crippen molar-refractivity contribution >= 4 is 39.1 Å². The summed E-state index contributed by atoms with van der Waals surface area (Å²) in [4.78, 5) is 17.6. The van der Waals surface area contributed by atoms with Crippen LogP contribution in [0.2, 0.25) is 0 Å². The lowest BCUT2D eigenvalue weighted by Gasteiger charge is -2.01. The summed E-state index contributed by atoms with van der Waals surface area (Å²) < 4.78 is 20.2. The summed E-state index contributed by atoms with van der Waals surface area (Å²) in [5, 5.41) is 13.9. The van der Waals surface area contributed by atoms with Gasteiger partial charge in [-0.3, -0.25) is 10.1 Å². The van der Waals surface area contributed by atoms with Gasteiger partial charge in [-0.1, -0.05) is 11.2 Å². The zero-order valence-corrected chi connectivity index (χ0v) is 17.0. The van der Waals surface area contributed by atoms with Crippen molar-refractivity contribution in [1.29, 1.82) is 0 Å². The van der Waals surface area contributed by atoms with Gasteiger partial charge >= 0.3 is 0 Å². The Morgan fingerprint density at radius 3 is 2.83 bits per heavy atom. The maximum atomic E-state index is 13.2. The molecule has 0 saturated carbocycles. The number of thiazole rings is 1. The van der Waals surface area contributed by atoms with Gasteiger partial charge in [0.25, 0.3) is 0 Å². The average molecular weight is 421 g/mol. The topological polar surface area (TPSA) is 85.3 Å². The Morgan fingerprint density at radius 1 is 1.23 bits per heavy atom. The highest BCUT2D eigenvalue weighted by molar-refractivity contribution is 7.15. The number of anilines is 1. The van der Waals surface area contributed by atoms with Gasteiger partial charge in [0.2, 0.25) is 16.8 Å². The number of hydrogen-bond acceptors (Lipinski definition) is 6. The molecule has 5 rings (SSSR count). The second kappa shape index (κ2) is 7.03. The fourth-order valence-corrected chi connectivity index (χ4v) is 4.35. The van der Waals surface area contributed by atoms with Crippen molar-refractivity contribution in [2.45, 2.75) is 20.3 Å². The van der Waals surface area contributed by atoms with Crippen LogP contribution in [0, 0.1) is 19.7 Å². The first-order valence-electron chi connectivity index (χ1n) is 9.23. The van der Waals surface area contributed by atoms with E-state index in [1.165, 1.54) is 23.5 Å². The highest BCUT2D eigenvalue weighted by atomic mass is 32.1. The van der Waals surface area contributed by atoms with Crippen molar-refractivity contribution in [1.82, 2.24) is 19.8 Å². The number of carbonyl (C=O) groups is 1. The molecule has 30 heavy (non-hydrogen) atoms. The standard InChI is InChI=1S/C21H16FN5O2S/c1-11-7-12(2)19-15(26-29-17(19)8-11)9-18(28)23-20-24-21-27(25-20)16(10-30-21)13-3-5-14(22)6-4-13/h3-8,10H,9H2,1-2H3,(H,23,25,28). The molecule has 2 aromatic carbocycles. The molecule has 9 heteroatoms. The molecule has 0 atom stereocenters. The summed E-state index contributed by atoms with van der Waals surface area (Å²) in [6.45, 7) is 3.95. The minimum Gasteiger partial charge on any atom is -0.356 e. The summed E-state index contributed by atoms with van der Waals surface area (Å²) in [5.74, 6) is -0.384. The number of nitrogens with one attached hydrogen (secondary N) is 1. The molecule has 0 radical (unpaired) electrons. The second-order valence-corrected chi connectivity index (χ2v) is 7.90. The zero-order valence-electron chi connectivity index (χ0n) is 16.1. The van der Waals surface area contributed by atoms with Crippen molar-refractivity contribution in [2.24, 2.45) is 0 Å². The summed E-state index contributed by atoms with van der Waals surface area (Å²) in [6.07, 6.45) is 0.0502. The van der Waals surface area contributed by atoms with Crippen LogP contribution in [0.25, 0.3) is 27.2 Å². The Balaban J connectivity index is 1.38. The number of aromatic nitrogens is 4. The van der Waals surface area contributed by atoms with Gasteiger partial charge in [0.1, 0.15) is 11.5 Å². The third-order valence-electron chi connectivity index (χ3n) is 4.79. The van der Waals surface area contributed by atoms with E-state index in [9.17, 15) is 9.18 Å². The van der Waals surface area contributed by atoms with Crippen LogP contribution in [-0.2, 0) is 11.2 Å². The molecule has 1 amide bonds. The number of benzene rings is 2. The molecule has 7 nitrogen and oxygen atoms in total. The minimum absolute atomic E-state index is 0.0502. The molecule has 0 aliphatic carbocycles. The molecule has 5 aromatic rings. The van der Waals surface area contributed by atoms with Crippen molar-refractivity contribution in [3.63, 3.8) is 0 Å². The Kier molecular flexibility index (Phi) is 4.32. The maximum Gasteiger partial charge on any atom is 0.250 e. The van der Waals surface area contributed by atoms with Gasteiger partial charge in [0.05, 0.1) is 12.1 Å². The van der Waals surface area contributed by atoms with Gasteiger partial charge in [-0.05, 0) is 55.3 Å².